The third-order valence-electron chi connectivity index (χ3n) is 6.63. The van der Waals surface area contributed by atoms with E-state index in [4.69, 9.17) is 10.5 Å². The van der Waals surface area contributed by atoms with Gasteiger partial charge in [-0.05, 0) is 32.6 Å². The summed E-state index contributed by atoms with van der Waals surface area (Å²) in [6.07, 6.45) is 10.4. The molecule has 138 valence electrons. The average Bonchev–Trinajstić information content (AvgIpc) is 2.61. The maximum Gasteiger partial charge on any atom is 0.225 e. The maximum absolute atomic E-state index is 12.8. The Morgan fingerprint density at radius 3 is 2.46 bits per heavy atom. The number of hydrogen-bond acceptors (Lipinski definition) is 4. The summed E-state index contributed by atoms with van der Waals surface area (Å²) in [5.41, 5.74) is 6.21. The highest BCUT2D eigenvalue weighted by Crippen LogP contribution is 2.35. The molecule has 3 N–H and O–H groups in total. The Balaban J connectivity index is 1.63. The van der Waals surface area contributed by atoms with E-state index < -0.39 is 0 Å². The Morgan fingerprint density at radius 1 is 1.12 bits per heavy atom. The normalized spacial score (nSPS) is 34.7. The number of ether oxygens (including phenoxy) is 1. The molecular weight excluding hydrogens is 302 g/mol. The highest BCUT2D eigenvalue weighted by Gasteiger charge is 2.41. The molecule has 2 aliphatic carbocycles. The van der Waals surface area contributed by atoms with Gasteiger partial charge in [-0.2, -0.15) is 0 Å². The number of morpholine rings is 1. The first-order valence-electron chi connectivity index (χ1n) is 9.93. The SMILES string of the molecule is CC1(N)CCCCC1C(=O)NCC1(N2CCOCC2)CCCCC1. The van der Waals surface area contributed by atoms with E-state index in [1.165, 1.54) is 32.1 Å². The minimum Gasteiger partial charge on any atom is -0.379 e. The third-order valence-corrected chi connectivity index (χ3v) is 6.63. The van der Waals surface area contributed by atoms with Crippen LogP contribution in [0.15, 0.2) is 0 Å². The zero-order valence-electron chi connectivity index (χ0n) is 15.3. The van der Waals surface area contributed by atoms with Gasteiger partial charge in [0.1, 0.15) is 0 Å². The molecule has 1 aliphatic heterocycles. The van der Waals surface area contributed by atoms with Crippen LogP contribution >= 0.6 is 0 Å². The van der Waals surface area contributed by atoms with Crippen molar-refractivity contribution in [2.24, 2.45) is 11.7 Å². The third kappa shape index (κ3) is 3.94. The van der Waals surface area contributed by atoms with Gasteiger partial charge in [0.2, 0.25) is 5.91 Å². The van der Waals surface area contributed by atoms with Crippen LogP contribution in [0, 0.1) is 5.92 Å². The second kappa shape index (κ2) is 7.71. The molecule has 0 aromatic heterocycles. The smallest absolute Gasteiger partial charge is 0.225 e. The number of nitrogens with one attached hydrogen (secondary N) is 1. The zero-order valence-corrected chi connectivity index (χ0v) is 15.3. The number of rotatable bonds is 4. The number of carbonyl (C=O) groups excluding carboxylic acids is 1. The number of nitrogens with zero attached hydrogens (tertiary/aromatic N) is 1. The van der Waals surface area contributed by atoms with Crippen LogP contribution in [0.25, 0.3) is 0 Å². The molecule has 2 saturated carbocycles. The van der Waals surface area contributed by atoms with Gasteiger partial charge >= 0.3 is 0 Å². The Morgan fingerprint density at radius 2 is 1.79 bits per heavy atom. The molecule has 2 unspecified atom stereocenters. The summed E-state index contributed by atoms with van der Waals surface area (Å²) >= 11 is 0. The summed E-state index contributed by atoms with van der Waals surface area (Å²) in [6, 6.07) is 0. The minimum atomic E-state index is -0.346. The fourth-order valence-corrected chi connectivity index (χ4v) is 5.02. The van der Waals surface area contributed by atoms with E-state index in [1.54, 1.807) is 0 Å². The molecule has 0 aromatic carbocycles. The maximum atomic E-state index is 12.8. The Hall–Kier alpha value is -0.650. The van der Waals surface area contributed by atoms with Crippen molar-refractivity contribution in [2.45, 2.75) is 75.8 Å². The Bertz CT molecular complexity index is 426. The molecule has 0 spiro atoms. The fourth-order valence-electron chi connectivity index (χ4n) is 5.02. The zero-order chi connectivity index (χ0) is 17.0. The van der Waals surface area contributed by atoms with E-state index >= 15 is 0 Å². The van der Waals surface area contributed by atoms with Gasteiger partial charge in [0.15, 0.2) is 0 Å². The summed E-state index contributed by atoms with van der Waals surface area (Å²) in [5.74, 6) is 0.148. The lowest BCUT2D eigenvalue weighted by Crippen LogP contribution is -2.61. The van der Waals surface area contributed by atoms with E-state index in [1.807, 2.05) is 0 Å². The number of amides is 1. The van der Waals surface area contributed by atoms with Crippen molar-refractivity contribution in [3.8, 4) is 0 Å². The molecule has 0 radical (unpaired) electrons. The van der Waals surface area contributed by atoms with Crippen LogP contribution in [0.4, 0.5) is 0 Å². The first-order chi connectivity index (χ1) is 11.5. The van der Waals surface area contributed by atoms with Gasteiger partial charge in [0, 0.05) is 30.7 Å². The lowest BCUT2D eigenvalue weighted by Gasteiger charge is -2.48. The van der Waals surface area contributed by atoms with Crippen molar-refractivity contribution in [1.29, 1.82) is 0 Å². The number of carbonyl (C=O) groups is 1. The van der Waals surface area contributed by atoms with Gasteiger partial charge in [0.05, 0.1) is 19.1 Å². The van der Waals surface area contributed by atoms with Gasteiger partial charge < -0.3 is 15.8 Å². The first kappa shape index (κ1) is 18.2. The fraction of sp³-hybridized carbons (Fsp3) is 0.947. The predicted octanol–water partition coefficient (Wildman–Crippen LogP) is 2.05. The van der Waals surface area contributed by atoms with Gasteiger partial charge in [-0.1, -0.05) is 32.1 Å². The standard InChI is InChI=1S/C19H35N3O2/c1-18(20)8-6-3-7-16(18)17(23)21-15-19(9-4-2-5-10-19)22-11-13-24-14-12-22/h16H,2-15,20H2,1H3,(H,21,23). The van der Waals surface area contributed by atoms with Gasteiger partial charge in [-0.25, -0.2) is 0 Å². The molecule has 24 heavy (non-hydrogen) atoms. The van der Waals surface area contributed by atoms with Crippen LogP contribution in [-0.4, -0.2) is 54.7 Å². The highest BCUT2D eigenvalue weighted by molar-refractivity contribution is 5.80. The van der Waals surface area contributed by atoms with E-state index in [-0.39, 0.29) is 22.9 Å². The quantitative estimate of drug-likeness (QED) is 0.824. The minimum absolute atomic E-state index is 0.0309. The Labute approximate surface area is 146 Å². The molecule has 2 atom stereocenters. The summed E-state index contributed by atoms with van der Waals surface area (Å²) in [6.45, 7) is 6.45. The van der Waals surface area contributed by atoms with E-state index in [9.17, 15) is 4.79 Å². The van der Waals surface area contributed by atoms with Crippen LogP contribution in [0.3, 0.4) is 0 Å². The lowest BCUT2D eigenvalue weighted by atomic mass is 9.74. The van der Waals surface area contributed by atoms with Crippen molar-refractivity contribution in [3.63, 3.8) is 0 Å². The molecule has 0 bridgehead atoms. The van der Waals surface area contributed by atoms with E-state index in [0.717, 1.165) is 58.5 Å². The van der Waals surface area contributed by atoms with Crippen LogP contribution < -0.4 is 11.1 Å². The van der Waals surface area contributed by atoms with Crippen molar-refractivity contribution in [3.05, 3.63) is 0 Å². The second-order valence-corrected chi connectivity index (χ2v) is 8.41. The monoisotopic (exact) mass is 337 g/mol. The van der Waals surface area contributed by atoms with Gasteiger partial charge in [-0.15, -0.1) is 0 Å². The molecule has 3 aliphatic rings. The molecular formula is C19H35N3O2. The van der Waals surface area contributed by atoms with Crippen molar-refractivity contribution >= 4 is 5.91 Å². The van der Waals surface area contributed by atoms with E-state index in [0.29, 0.717) is 0 Å². The summed E-state index contributed by atoms with van der Waals surface area (Å²) in [5, 5.41) is 3.31. The van der Waals surface area contributed by atoms with Gasteiger partial charge in [0.25, 0.3) is 0 Å². The molecule has 5 nitrogen and oxygen atoms in total. The lowest BCUT2D eigenvalue weighted by molar-refractivity contribution is -0.129. The molecule has 3 fully saturated rings. The summed E-state index contributed by atoms with van der Waals surface area (Å²) < 4.78 is 5.54. The van der Waals surface area contributed by atoms with E-state index in [2.05, 4.69) is 17.1 Å². The molecule has 3 rings (SSSR count). The van der Waals surface area contributed by atoms with Crippen LogP contribution in [0.1, 0.15) is 64.7 Å². The average molecular weight is 338 g/mol. The van der Waals surface area contributed by atoms with Crippen molar-refractivity contribution in [2.75, 3.05) is 32.8 Å². The van der Waals surface area contributed by atoms with Crippen molar-refractivity contribution in [1.82, 2.24) is 10.2 Å². The topological polar surface area (TPSA) is 67.6 Å². The molecule has 1 amide bonds. The molecule has 1 saturated heterocycles. The van der Waals surface area contributed by atoms with Gasteiger partial charge in [-0.3, -0.25) is 9.69 Å². The van der Waals surface area contributed by atoms with Crippen LogP contribution in [-0.2, 0) is 9.53 Å². The molecule has 0 aromatic rings. The highest BCUT2D eigenvalue weighted by atomic mass is 16.5. The summed E-state index contributed by atoms with van der Waals surface area (Å²) in [7, 11) is 0. The molecule has 1 heterocycles. The van der Waals surface area contributed by atoms with Crippen LogP contribution in [0.2, 0.25) is 0 Å². The molecule has 5 heteroatoms. The second-order valence-electron chi connectivity index (χ2n) is 8.41. The summed E-state index contributed by atoms with van der Waals surface area (Å²) in [4.78, 5) is 15.4. The number of hydrogen-bond donors (Lipinski definition) is 2. The first-order valence-corrected chi connectivity index (χ1v) is 9.93. The van der Waals surface area contributed by atoms with Crippen LogP contribution in [0.5, 0.6) is 0 Å². The predicted molar refractivity (Wildman–Crippen MR) is 95.8 cm³/mol. The largest absolute Gasteiger partial charge is 0.379 e. The number of nitrogens with two attached hydrogens (primary N) is 1. The Kier molecular flexibility index (Phi) is 5.83. The van der Waals surface area contributed by atoms with Crippen molar-refractivity contribution < 1.29 is 9.53 Å².